The SMILES string of the molecule is Cc1cc(CN2CCN(C(=O)CC(C)C3CCCNC3)CC2)on1.Cl.Cl. The average molecular weight is 407 g/mol. The quantitative estimate of drug-likeness (QED) is 0.813. The first kappa shape index (κ1) is 23.2. The van der Waals surface area contributed by atoms with Gasteiger partial charge in [-0.2, -0.15) is 0 Å². The summed E-state index contributed by atoms with van der Waals surface area (Å²) in [5.41, 5.74) is 0.921. The monoisotopic (exact) mass is 406 g/mol. The Morgan fingerprint density at radius 3 is 2.65 bits per heavy atom. The van der Waals surface area contributed by atoms with E-state index in [-0.39, 0.29) is 24.8 Å². The predicted octanol–water partition coefficient (Wildman–Crippen LogP) is 2.50. The van der Waals surface area contributed by atoms with Gasteiger partial charge >= 0.3 is 0 Å². The highest BCUT2D eigenvalue weighted by molar-refractivity contribution is 5.85. The molecule has 2 atom stereocenters. The number of nitrogens with zero attached hydrogens (tertiary/aromatic N) is 3. The normalized spacial score (nSPS) is 22.2. The third-order valence-electron chi connectivity index (χ3n) is 5.42. The van der Waals surface area contributed by atoms with Crippen molar-refractivity contribution in [3.63, 3.8) is 0 Å². The van der Waals surface area contributed by atoms with Gasteiger partial charge in [0, 0.05) is 38.7 Å². The number of aryl methyl sites for hydroxylation is 1. The standard InChI is InChI=1S/C18H30N4O2.2ClH/c1-14(16-4-3-5-19-12-16)10-18(23)22-8-6-21(7-9-22)13-17-11-15(2)20-24-17;;/h11,14,16,19H,3-10,12-13H2,1-2H3;2*1H. The second kappa shape index (κ2) is 11.1. The fourth-order valence-corrected chi connectivity index (χ4v) is 3.80. The molecule has 0 radical (unpaired) electrons. The first-order valence-corrected chi connectivity index (χ1v) is 9.25. The second-order valence-electron chi connectivity index (χ2n) is 7.38. The zero-order valence-corrected chi connectivity index (χ0v) is 17.4. The summed E-state index contributed by atoms with van der Waals surface area (Å²) in [4.78, 5) is 16.9. The number of carbonyl (C=O) groups is 1. The van der Waals surface area contributed by atoms with E-state index >= 15 is 0 Å². The molecule has 0 aromatic carbocycles. The van der Waals surface area contributed by atoms with Crippen LogP contribution in [0.2, 0.25) is 0 Å². The molecule has 26 heavy (non-hydrogen) atoms. The summed E-state index contributed by atoms with van der Waals surface area (Å²) in [5.74, 6) is 2.35. The lowest BCUT2D eigenvalue weighted by atomic mass is 9.85. The van der Waals surface area contributed by atoms with Gasteiger partial charge < -0.3 is 14.7 Å². The van der Waals surface area contributed by atoms with Gasteiger partial charge in [-0.05, 0) is 44.7 Å². The number of nitrogens with one attached hydrogen (secondary N) is 1. The average Bonchev–Trinajstić information content (AvgIpc) is 3.01. The maximum Gasteiger partial charge on any atom is 0.222 e. The Morgan fingerprint density at radius 1 is 1.35 bits per heavy atom. The molecule has 1 N–H and O–H groups in total. The van der Waals surface area contributed by atoms with Crippen molar-refractivity contribution in [3.05, 3.63) is 17.5 Å². The molecule has 8 heteroatoms. The van der Waals surface area contributed by atoms with Gasteiger partial charge in [0.15, 0.2) is 5.76 Å². The summed E-state index contributed by atoms with van der Waals surface area (Å²) in [6.07, 6.45) is 3.18. The van der Waals surface area contributed by atoms with E-state index in [1.54, 1.807) is 0 Å². The molecule has 2 unspecified atom stereocenters. The first-order valence-electron chi connectivity index (χ1n) is 9.25. The van der Waals surface area contributed by atoms with Crippen LogP contribution in [0.1, 0.15) is 37.6 Å². The van der Waals surface area contributed by atoms with E-state index in [1.165, 1.54) is 12.8 Å². The van der Waals surface area contributed by atoms with Crippen LogP contribution in [0.4, 0.5) is 0 Å². The Balaban J connectivity index is 0.00000169. The van der Waals surface area contributed by atoms with Crippen LogP contribution in [-0.4, -0.2) is 60.1 Å². The summed E-state index contributed by atoms with van der Waals surface area (Å²) >= 11 is 0. The molecule has 1 aromatic rings. The predicted molar refractivity (Wildman–Crippen MR) is 107 cm³/mol. The molecule has 2 aliphatic rings. The Labute approximate surface area is 168 Å². The van der Waals surface area contributed by atoms with Crippen LogP contribution in [0.25, 0.3) is 0 Å². The lowest BCUT2D eigenvalue weighted by molar-refractivity contribution is -0.134. The number of rotatable bonds is 5. The Kier molecular flexibility index (Phi) is 9.93. The molecule has 2 saturated heterocycles. The van der Waals surface area contributed by atoms with Crippen molar-refractivity contribution >= 4 is 30.7 Å². The Morgan fingerprint density at radius 2 is 2.08 bits per heavy atom. The summed E-state index contributed by atoms with van der Waals surface area (Å²) in [6.45, 7) is 10.6. The molecule has 0 bridgehead atoms. The summed E-state index contributed by atoms with van der Waals surface area (Å²) in [6, 6.07) is 1.98. The molecule has 3 rings (SSSR count). The van der Waals surface area contributed by atoms with Crippen molar-refractivity contribution in [1.29, 1.82) is 0 Å². The van der Waals surface area contributed by atoms with Crippen LogP contribution in [0.5, 0.6) is 0 Å². The summed E-state index contributed by atoms with van der Waals surface area (Å²) in [7, 11) is 0. The van der Waals surface area contributed by atoms with Crippen molar-refractivity contribution in [1.82, 2.24) is 20.3 Å². The van der Waals surface area contributed by atoms with Gasteiger partial charge in [-0.3, -0.25) is 9.69 Å². The minimum absolute atomic E-state index is 0. The molecule has 150 valence electrons. The highest BCUT2D eigenvalue weighted by atomic mass is 35.5. The number of hydrogen-bond acceptors (Lipinski definition) is 5. The molecule has 2 fully saturated rings. The molecular formula is C18H32Cl2N4O2. The molecule has 3 heterocycles. The van der Waals surface area contributed by atoms with Gasteiger partial charge in [-0.25, -0.2) is 0 Å². The lowest BCUT2D eigenvalue weighted by Gasteiger charge is -2.35. The zero-order chi connectivity index (χ0) is 16.9. The number of hydrogen-bond donors (Lipinski definition) is 1. The molecular weight excluding hydrogens is 375 g/mol. The first-order chi connectivity index (χ1) is 11.6. The van der Waals surface area contributed by atoms with Crippen LogP contribution in [-0.2, 0) is 11.3 Å². The van der Waals surface area contributed by atoms with Gasteiger partial charge in [0.2, 0.25) is 5.91 Å². The summed E-state index contributed by atoms with van der Waals surface area (Å²) < 4.78 is 5.28. The van der Waals surface area contributed by atoms with Crippen LogP contribution in [0, 0.1) is 18.8 Å². The molecule has 0 saturated carbocycles. The van der Waals surface area contributed by atoms with E-state index < -0.39 is 0 Å². The van der Waals surface area contributed by atoms with Gasteiger partial charge in [-0.1, -0.05) is 12.1 Å². The summed E-state index contributed by atoms with van der Waals surface area (Å²) in [5, 5.41) is 7.38. The van der Waals surface area contributed by atoms with Crippen molar-refractivity contribution in [3.8, 4) is 0 Å². The van der Waals surface area contributed by atoms with Crippen LogP contribution < -0.4 is 5.32 Å². The van der Waals surface area contributed by atoms with Gasteiger partial charge in [-0.15, -0.1) is 24.8 Å². The van der Waals surface area contributed by atoms with Crippen LogP contribution in [0.15, 0.2) is 10.6 Å². The highest BCUT2D eigenvalue weighted by Crippen LogP contribution is 2.23. The van der Waals surface area contributed by atoms with E-state index in [9.17, 15) is 4.79 Å². The minimum Gasteiger partial charge on any atom is -0.360 e. The zero-order valence-electron chi connectivity index (χ0n) is 15.8. The van der Waals surface area contributed by atoms with Crippen molar-refractivity contribution < 1.29 is 9.32 Å². The second-order valence-corrected chi connectivity index (χ2v) is 7.38. The van der Waals surface area contributed by atoms with E-state index in [4.69, 9.17) is 4.52 Å². The van der Waals surface area contributed by atoms with E-state index in [1.807, 2.05) is 17.9 Å². The Bertz CT molecular complexity index is 541. The van der Waals surface area contributed by atoms with Gasteiger partial charge in [0.1, 0.15) is 0 Å². The number of halogens is 2. The largest absolute Gasteiger partial charge is 0.360 e. The number of amides is 1. The van der Waals surface area contributed by atoms with E-state index in [0.29, 0.717) is 24.2 Å². The minimum atomic E-state index is 0. The van der Waals surface area contributed by atoms with Crippen LogP contribution >= 0.6 is 24.8 Å². The molecule has 1 amide bonds. The topological polar surface area (TPSA) is 61.6 Å². The lowest BCUT2D eigenvalue weighted by Crippen LogP contribution is -2.48. The molecule has 0 aliphatic carbocycles. The van der Waals surface area contributed by atoms with Crippen LogP contribution in [0.3, 0.4) is 0 Å². The molecule has 2 aliphatic heterocycles. The number of piperidine rings is 1. The van der Waals surface area contributed by atoms with E-state index in [2.05, 4.69) is 22.3 Å². The van der Waals surface area contributed by atoms with Crippen molar-refractivity contribution in [2.24, 2.45) is 11.8 Å². The van der Waals surface area contributed by atoms with Crippen molar-refractivity contribution in [2.75, 3.05) is 39.3 Å². The van der Waals surface area contributed by atoms with Gasteiger partial charge in [0.05, 0.1) is 12.2 Å². The number of piperazine rings is 1. The fourth-order valence-electron chi connectivity index (χ4n) is 3.80. The van der Waals surface area contributed by atoms with Gasteiger partial charge in [0.25, 0.3) is 0 Å². The highest BCUT2D eigenvalue weighted by Gasteiger charge is 2.26. The molecule has 6 nitrogen and oxygen atoms in total. The number of aromatic nitrogens is 1. The third-order valence-corrected chi connectivity index (χ3v) is 5.42. The van der Waals surface area contributed by atoms with Crippen molar-refractivity contribution in [2.45, 2.75) is 39.7 Å². The maximum absolute atomic E-state index is 12.6. The van der Waals surface area contributed by atoms with E-state index in [0.717, 1.165) is 57.3 Å². The molecule has 0 spiro atoms. The third kappa shape index (κ3) is 6.41. The smallest absolute Gasteiger partial charge is 0.222 e. The number of carbonyl (C=O) groups excluding carboxylic acids is 1. The Hall–Kier alpha value is -0.820. The fraction of sp³-hybridized carbons (Fsp3) is 0.778. The molecule has 1 aromatic heterocycles. The maximum atomic E-state index is 12.6.